The van der Waals surface area contributed by atoms with Crippen molar-refractivity contribution in [3.05, 3.63) is 34.4 Å². The van der Waals surface area contributed by atoms with Crippen molar-refractivity contribution in [3.8, 4) is 0 Å². The Balaban J connectivity index is 2.07. The van der Waals surface area contributed by atoms with Gasteiger partial charge in [-0.2, -0.15) is 0 Å². The zero-order chi connectivity index (χ0) is 14.9. The number of aliphatic hydroxyl groups excluding tert-OH is 3. The molecule has 0 aromatic heterocycles. The van der Waals surface area contributed by atoms with Gasteiger partial charge in [-0.1, -0.05) is 0 Å². The van der Waals surface area contributed by atoms with Gasteiger partial charge >= 0.3 is 0 Å². The lowest BCUT2D eigenvalue weighted by Crippen LogP contribution is -2.58. The van der Waals surface area contributed by atoms with E-state index in [9.17, 15) is 25.4 Å². The van der Waals surface area contributed by atoms with Gasteiger partial charge < -0.3 is 25.4 Å². The average molecular weight is 284 g/mol. The first-order chi connectivity index (χ1) is 9.40. The molecule has 0 radical (unpaired) electrons. The molecule has 0 saturated carbocycles. The molecule has 0 unspecified atom stereocenters. The maximum Gasteiger partial charge on any atom is 0.269 e. The number of ether oxygens (including phenoxy) is 1. The molecule has 1 aromatic rings. The summed E-state index contributed by atoms with van der Waals surface area (Å²) in [4.78, 5) is 10.0. The first-order valence-corrected chi connectivity index (χ1v) is 6.11. The lowest BCUT2D eigenvalue weighted by atomic mass is 9.99. The quantitative estimate of drug-likeness (QED) is 0.448. The Labute approximate surface area is 114 Å². The molecule has 8 heteroatoms. The van der Waals surface area contributed by atoms with Crippen molar-refractivity contribution >= 4 is 11.4 Å². The molecule has 1 aromatic carbocycles. The molecule has 0 aliphatic carbocycles. The maximum atomic E-state index is 10.5. The van der Waals surface area contributed by atoms with Crippen molar-refractivity contribution in [2.24, 2.45) is 0 Å². The Kier molecular flexibility index (Phi) is 4.19. The zero-order valence-electron chi connectivity index (χ0n) is 10.7. The summed E-state index contributed by atoms with van der Waals surface area (Å²) in [7, 11) is 0. The van der Waals surface area contributed by atoms with E-state index in [0.717, 1.165) is 0 Å². The van der Waals surface area contributed by atoms with Crippen molar-refractivity contribution in [1.82, 2.24) is 0 Å². The standard InChI is InChI=1S/C12H16N2O6/c1-6-9(15)10(16)11(17)12(20-6)13-7-2-4-8(5-3-7)14(18)19/h2-6,9-13,15-17H,1H3/t6-,9-,10+,11+,12-/m0/s1. The number of benzene rings is 1. The molecule has 5 atom stereocenters. The highest BCUT2D eigenvalue weighted by Gasteiger charge is 2.41. The topological polar surface area (TPSA) is 125 Å². The third-order valence-corrected chi connectivity index (χ3v) is 3.24. The van der Waals surface area contributed by atoms with E-state index in [0.29, 0.717) is 5.69 Å². The minimum Gasteiger partial charge on any atom is -0.388 e. The van der Waals surface area contributed by atoms with Crippen LogP contribution in [-0.4, -0.2) is 50.9 Å². The normalized spacial score (nSPS) is 33.7. The van der Waals surface area contributed by atoms with E-state index < -0.39 is 35.6 Å². The van der Waals surface area contributed by atoms with Gasteiger partial charge in [0, 0.05) is 17.8 Å². The first-order valence-electron chi connectivity index (χ1n) is 6.11. The SMILES string of the molecule is C[C@@H]1O[C@H](Nc2ccc([N+](=O)[O-])cc2)[C@H](O)[C@H](O)[C@H]1O. The Morgan fingerprint density at radius 3 is 2.30 bits per heavy atom. The number of hydrogen-bond donors (Lipinski definition) is 4. The second-order valence-electron chi connectivity index (χ2n) is 4.68. The van der Waals surface area contributed by atoms with E-state index in [2.05, 4.69) is 5.32 Å². The van der Waals surface area contributed by atoms with Crippen LogP contribution in [0.15, 0.2) is 24.3 Å². The second kappa shape index (κ2) is 5.71. The number of aliphatic hydroxyl groups is 3. The number of non-ortho nitro benzene ring substituents is 1. The fraction of sp³-hybridized carbons (Fsp3) is 0.500. The van der Waals surface area contributed by atoms with Crippen molar-refractivity contribution in [3.63, 3.8) is 0 Å². The number of nitro benzene ring substituents is 1. The predicted molar refractivity (Wildman–Crippen MR) is 69.1 cm³/mol. The van der Waals surface area contributed by atoms with Crippen molar-refractivity contribution in [2.45, 2.75) is 37.6 Å². The summed E-state index contributed by atoms with van der Waals surface area (Å²) in [5.41, 5.74) is 0.444. The van der Waals surface area contributed by atoms with E-state index in [4.69, 9.17) is 4.74 Å². The van der Waals surface area contributed by atoms with Gasteiger partial charge in [0.15, 0.2) is 6.23 Å². The van der Waals surface area contributed by atoms with Gasteiger partial charge in [0.1, 0.15) is 18.3 Å². The fourth-order valence-corrected chi connectivity index (χ4v) is 2.01. The molecule has 20 heavy (non-hydrogen) atoms. The highest BCUT2D eigenvalue weighted by Crippen LogP contribution is 2.23. The van der Waals surface area contributed by atoms with Gasteiger partial charge in [-0.05, 0) is 19.1 Å². The highest BCUT2D eigenvalue weighted by molar-refractivity contribution is 5.49. The summed E-state index contributed by atoms with van der Waals surface area (Å²) in [6, 6.07) is 5.56. The largest absolute Gasteiger partial charge is 0.388 e. The summed E-state index contributed by atoms with van der Waals surface area (Å²) >= 11 is 0. The molecule has 4 N–H and O–H groups in total. The van der Waals surface area contributed by atoms with E-state index >= 15 is 0 Å². The lowest BCUT2D eigenvalue weighted by Gasteiger charge is -2.39. The van der Waals surface area contributed by atoms with Crippen LogP contribution in [0.3, 0.4) is 0 Å². The van der Waals surface area contributed by atoms with E-state index in [-0.39, 0.29) is 5.69 Å². The molecule has 1 saturated heterocycles. The maximum absolute atomic E-state index is 10.5. The molecule has 0 amide bonds. The van der Waals surface area contributed by atoms with Crippen molar-refractivity contribution in [1.29, 1.82) is 0 Å². The summed E-state index contributed by atoms with van der Waals surface area (Å²) in [5.74, 6) is 0. The van der Waals surface area contributed by atoms with Crippen LogP contribution in [0, 0.1) is 10.1 Å². The molecular weight excluding hydrogens is 268 g/mol. The van der Waals surface area contributed by atoms with E-state index in [1.807, 2.05) is 0 Å². The molecule has 1 heterocycles. The van der Waals surface area contributed by atoms with Crippen LogP contribution in [0.4, 0.5) is 11.4 Å². The third-order valence-electron chi connectivity index (χ3n) is 3.24. The van der Waals surface area contributed by atoms with Crippen molar-refractivity contribution in [2.75, 3.05) is 5.32 Å². The van der Waals surface area contributed by atoms with Gasteiger partial charge in [-0.3, -0.25) is 10.1 Å². The van der Waals surface area contributed by atoms with Crippen molar-refractivity contribution < 1.29 is 25.0 Å². The van der Waals surface area contributed by atoms with Gasteiger partial charge in [-0.15, -0.1) is 0 Å². The summed E-state index contributed by atoms with van der Waals surface area (Å²) in [6.45, 7) is 1.57. The molecule has 1 aliphatic heterocycles. The monoisotopic (exact) mass is 284 g/mol. The summed E-state index contributed by atoms with van der Waals surface area (Å²) in [6.07, 6.45) is -5.36. The van der Waals surface area contributed by atoms with Crippen LogP contribution < -0.4 is 5.32 Å². The molecular formula is C12H16N2O6. The lowest BCUT2D eigenvalue weighted by molar-refractivity contribution is -0.384. The second-order valence-corrected chi connectivity index (χ2v) is 4.68. The number of nitrogens with one attached hydrogen (secondary N) is 1. The Morgan fingerprint density at radius 1 is 1.15 bits per heavy atom. The van der Waals surface area contributed by atoms with Crippen LogP contribution in [0.25, 0.3) is 0 Å². The molecule has 110 valence electrons. The van der Waals surface area contributed by atoms with Crippen LogP contribution in [0.2, 0.25) is 0 Å². The number of hydrogen-bond acceptors (Lipinski definition) is 7. The van der Waals surface area contributed by atoms with Gasteiger partial charge in [0.25, 0.3) is 5.69 Å². The van der Waals surface area contributed by atoms with Gasteiger partial charge in [0.2, 0.25) is 0 Å². The van der Waals surface area contributed by atoms with Crippen LogP contribution >= 0.6 is 0 Å². The van der Waals surface area contributed by atoms with E-state index in [1.54, 1.807) is 6.92 Å². The minimum absolute atomic E-state index is 0.0514. The summed E-state index contributed by atoms with van der Waals surface area (Å²) in [5, 5.41) is 42.4. The number of nitro groups is 1. The van der Waals surface area contributed by atoms with Crippen LogP contribution in [-0.2, 0) is 4.74 Å². The fourth-order valence-electron chi connectivity index (χ4n) is 2.01. The smallest absolute Gasteiger partial charge is 0.269 e. The molecule has 0 bridgehead atoms. The highest BCUT2D eigenvalue weighted by atomic mass is 16.6. The minimum atomic E-state index is -1.32. The number of nitrogens with zero attached hydrogens (tertiary/aromatic N) is 1. The summed E-state index contributed by atoms with van der Waals surface area (Å²) < 4.78 is 5.36. The van der Waals surface area contributed by atoms with Crippen LogP contribution in [0.5, 0.6) is 0 Å². The first kappa shape index (κ1) is 14.7. The Bertz CT molecular complexity index is 479. The average Bonchev–Trinajstić information content (AvgIpc) is 2.43. The number of anilines is 1. The van der Waals surface area contributed by atoms with E-state index in [1.165, 1.54) is 24.3 Å². The molecule has 8 nitrogen and oxygen atoms in total. The molecule has 1 fully saturated rings. The predicted octanol–water partition coefficient (Wildman–Crippen LogP) is -0.166. The molecule has 2 rings (SSSR count). The third kappa shape index (κ3) is 2.88. The van der Waals surface area contributed by atoms with Gasteiger partial charge in [0.05, 0.1) is 11.0 Å². The molecule has 1 aliphatic rings. The Hall–Kier alpha value is -1.74. The Morgan fingerprint density at radius 2 is 1.75 bits per heavy atom. The molecule has 0 spiro atoms. The zero-order valence-corrected chi connectivity index (χ0v) is 10.7. The van der Waals surface area contributed by atoms with Gasteiger partial charge in [-0.25, -0.2) is 0 Å². The van der Waals surface area contributed by atoms with Crippen LogP contribution in [0.1, 0.15) is 6.92 Å². The number of rotatable bonds is 3.